The van der Waals surface area contributed by atoms with Crippen LogP contribution >= 0.6 is 0 Å². The van der Waals surface area contributed by atoms with Crippen LogP contribution in [-0.4, -0.2) is 40.0 Å². The smallest absolute Gasteiger partial charge is 0.324 e. The van der Waals surface area contributed by atoms with Crippen LogP contribution in [0.2, 0.25) is 0 Å². The molecule has 1 aromatic rings. The van der Waals surface area contributed by atoms with Gasteiger partial charge >= 0.3 is 12.2 Å². The minimum atomic E-state index is -4.33. The molecule has 1 N–H and O–H groups in total. The van der Waals surface area contributed by atoms with E-state index in [1.165, 1.54) is 25.2 Å². The molecule has 3 aliphatic carbocycles. The number of aromatic nitrogens is 2. The molecule has 1 saturated heterocycles. The SMILES string of the molecule is O=C(Nc1cnn(CC(F)(F)F)c1)N1CC2C3C=CC(CC3)C2C1. The van der Waals surface area contributed by atoms with Gasteiger partial charge in [-0.25, -0.2) is 4.79 Å². The van der Waals surface area contributed by atoms with Crippen LogP contribution in [0.1, 0.15) is 12.8 Å². The maximum atomic E-state index is 12.4. The summed E-state index contributed by atoms with van der Waals surface area (Å²) < 4.78 is 37.8. The molecular weight excluding hydrogens is 321 g/mol. The largest absolute Gasteiger partial charge is 0.408 e. The Morgan fingerprint density at radius 2 is 1.83 bits per heavy atom. The lowest BCUT2D eigenvalue weighted by atomic mass is 9.64. The molecule has 4 aliphatic rings. The molecule has 1 aliphatic heterocycles. The van der Waals surface area contributed by atoms with Gasteiger partial charge in [0.25, 0.3) is 0 Å². The second-order valence-corrected chi connectivity index (χ2v) is 6.99. The van der Waals surface area contributed by atoms with Crippen LogP contribution in [0.4, 0.5) is 23.7 Å². The van der Waals surface area contributed by atoms with Crippen LogP contribution in [0, 0.1) is 23.7 Å². The quantitative estimate of drug-likeness (QED) is 0.841. The van der Waals surface area contributed by atoms with Crippen molar-refractivity contribution in [2.45, 2.75) is 25.6 Å². The number of carbonyl (C=O) groups is 1. The van der Waals surface area contributed by atoms with Gasteiger partial charge in [-0.05, 0) is 36.5 Å². The van der Waals surface area contributed by atoms with Crippen molar-refractivity contribution in [3.05, 3.63) is 24.5 Å². The lowest BCUT2D eigenvalue weighted by molar-refractivity contribution is -0.142. The van der Waals surface area contributed by atoms with Crippen LogP contribution in [0.25, 0.3) is 0 Å². The summed E-state index contributed by atoms with van der Waals surface area (Å²) in [4.78, 5) is 14.2. The minimum Gasteiger partial charge on any atom is -0.324 e. The minimum absolute atomic E-state index is 0.254. The number of hydrogen-bond acceptors (Lipinski definition) is 2. The molecule has 24 heavy (non-hydrogen) atoms. The first-order valence-electron chi connectivity index (χ1n) is 8.22. The summed E-state index contributed by atoms with van der Waals surface area (Å²) in [7, 11) is 0. The first-order valence-corrected chi connectivity index (χ1v) is 8.22. The van der Waals surface area contributed by atoms with Crippen molar-refractivity contribution in [1.29, 1.82) is 0 Å². The van der Waals surface area contributed by atoms with Gasteiger partial charge in [0.1, 0.15) is 6.54 Å². The van der Waals surface area contributed by atoms with Crippen molar-refractivity contribution < 1.29 is 18.0 Å². The number of nitrogens with zero attached hydrogens (tertiary/aromatic N) is 3. The van der Waals surface area contributed by atoms with Crippen molar-refractivity contribution in [2.24, 2.45) is 23.7 Å². The zero-order valence-electron chi connectivity index (χ0n) is 13.0. The number of anilines is 1. The molecule has 0 spiro atoms. The topological polar surface area (TPSA) is 50.2 Å². The van der Waals surface area contributed by atoms with E-state index >= 15 is 0 Å². The number of nitrogens with one attached hydrogen (secondary N) is 1. The van der Waals surface area contributed by atoms with Gasteiger partial charge in [0.2, 0.25) is 0 Å². The molecule has 8 heteroatoms. The van der Waals surface area contributed by atoms with E-state index in [2.05, 4.69) is 22.6 Å². The van der Waals surface area contributed by atoms with E-state index in [1.807, 2.05) is 0 Å². The average molecular weight is 340 g/mol. The fourth-order valence-electron chi connectivity index (χ4n) is 4.40. The van der Waals surface area contributed by atoms with Gasteiger partial charge in [-0.3, -0.25) is 4.68 Å². The van der Waals surface area contributed by atoms with Gasteiger partial charge in [-0.1, -0.05) is 12.2 Å². The zero-order chi connectivity index (χ0) is 16.9. The standard InChI is InChI=1S/C16H19F3N4O/c17-16(18,19)9-23-6-12(5-20-23)21-15(24)22-7-13-10-1-2-11(4-3-10)14(13)8-22/h1-2,5-6,10-11,13-14H,3-4,7-9H2,(H,21,24). The van der Waals surface area contributed by atoms with E-state index in [0.717, 1.165) is 17.8 Å². The number of alkyl halides is 3. The molecule has 2 amide bonds. The Kier molecular flexibility index (Phi) is 3.58. The molecule has 5 rings (SSSR count). The predicted molar refractivity (Wildman–Crippen MR) is 81.2 cm³/mol. The van der Waals surface area contributed by atoms with Crippen LogP contribution < -0.4 is 5.32 Å². The Morgan fingerprint density at radius 1 is 1.21 bits per heavy atom. The highest BCUT2D eigenvalue weighted by atomic mass is 19.4. The summed E-state index contributed by atoms with van der Waals surface area (Å²) in [6.45, 7) is 0.281. The van der Waals surface area contributed by atoms with E-state index in [0.29, 0.717) is 29.4 Å². The molecule has 130 valence electrons. The molecule has 2 bridgehead atoms. The number of fused-ring (bicyclic) bond motifs is 1. The monoisotopic (exact) mass is 340 g/mol. The number of hydrogen-bond donors (Lipinski definition) is 1. The highest BCUT2D eigenvalue weighted by Crippen LogP contribution is 2.48. The maximum Gasteiger partial charge on any atom is 0.408 e. The number of allylic oxidation sites excluding steroid dienone is 2. The Balaban J connectivity index is 1.38. The van der Waals surface area contributed by atoms with Crippen LogP contribution in [0.5, 0.6) is 0 Å². The van der Waals surface area contributed by atoms with Crippen molar-refractivity contribution in [3.8, 4) is 0 Å². The van der Waals surface area contributed by atoms with E-state index in [9.17, 15) is 18.0 Å². The van der Waals surface area contributed by atoms with Crippen molar-refractivity contribution >= 4 is 11.7 Å². The fourth-order valence-corrected chi connectivity index (χ4v) is 4.40. The Morgan fingerprint density at radius 3 is 2.38 bits per heavy atom. The van der Waals surface area contributed by atoms with Gasteiger partial charge in [0, 0.05) is 19.3 Å². The molecule has 4 atom stereocenters. The number of carbonyl (C=O) groups excluding carboxylic acids is 1. The number of urea groups is 1. The summed E-state index contributed by atoms with van der Waals surface area (Å²) >= 11 is 0. The molecular formula is C16H19F3N4O. The van der Waals surface area contributed by atoms with Gasteiger partial charge in [-0.2, -0.15) is 18.3 Å². The molecule has 2 heterocycles. The predicted octanol–water partition coefficient (Wildman–Crippen LogP) is 3.12. The molecule has 4 unspecified atom stereocenters. The van der Waals surface area contributed by atoms with Crippen molar-refractivity contribution in [3.63, 3.8) is 0 Å². The molecule has 0 radical (unpaired) electrons. The number of amides is 2. The summed E-state index contributed by atoms with van der Waals surface area (Å²) in [6.07, 6.45) is 5.10. The second-order valence-electron chi connectivity index (χ2n) is 6.99. The van der Waals surface area contributed by atoms with Crippen molar-refractivity contribution in [1.82, 2.24) is 14.7 Å². The highest BCUT2D eigenvalue weighted by molar-refractivity contribution is 5.89. The van der Waals surface area contributed by atoms with Gasteiger partial charge in [0.15, 0.2) is 0 Å². The Hall–Kier alpha value is -1.99. The van der Waals surface area contributed by atoms with E-state index < -0.39 is 12.7 Å². The first-order chi connectivity index (χ1) is 11.4. The Labute approximate surface area is 137 Å². The third-order valence-corrected chi connectivity index (χ3v) is 5.46. The Bertz CT molecular complexity index is 647. The molecule has 5 nitrogen and oxygen atoms in total. The highest BCUT2D eigenvalue weighted by Gasteiger charge is 2.47. The average Bonchev–Trinajstić information content (AvgIpc) is 3.14. The fraction of sp³-hybridized carbons (Fsp3) is 0.625. The van der Waals surface area contributed by atoms with Crippen molar-refractivity contribution in [2.75, 3.05) is 18.4 Å². The number of rotatable bonds is 2. The molecule has 0 aromatic carbocycles. The summed E-state index contributed by atoms with van der Waals surface area (Å²) in [5.41, 5.74) is 0.292. The van der Waals surface area contributed by atoms with Crippen LogP contribution in [0.3, 0.4) is 0 Å². The van der Waals surface area contributed by atoms with Crippen LogP contribution in [0.15, 0.2) is 24.5 Å². The lowest BCUT2D eigenvalue weighted by Crippen LogP contribution is -2.35. The first kappa shape index (κ1) is 15.5. The van der Waals surface area contributed by atoms with Crippen LogP contribution in [-0.2, 0) is 6.54 Å². The number of likely N-dealkylation sites (tertiary alicyclic amines) is 1. The molecule has 1 aromatic heterocycles. The van der Waals surface area contributed by atoms with E-state index in [4.69, 9.17) is 0 Å². The summed E-state index contributed by atoms with van der Waals surface area (Å²) in [5, 5.41) is 6.31. The summed E-state index contributed by atoms with van der Waals surface area (Å²) in [5.74, 6) is 2.17. The number of halogens is 3. The normalized spacial score (nSPS) is 31.4. The summed E-state index contributed by atoms with van der Waals surface area (Å²) in [6, 6.07) is -0.254. The van der Waals surface area contributed by atoms with Gasteiger partial charge < -0.3 is 10.2 Å². The third kappa shape index (κ3) is 2.89. The van der Waals surface area contributed by atoms with Gasteiger partial charge in [-0.15, -0.1) is 0 Å². The third-order valence-electron chi connectivity index (χ3n) is 5.46. The van der Waals surface area contributed by atoms with E-state index in [-0.39, 0.29) is 6.03 Å². The maximum absolute atomic E-state index is 12.4. The zero-order valence-corrected chi connectivity index (χ0v) is 13.0. The lowest BCUT2D eigenvalue weighted by Gasteiger charge is -2.40. The molecule has 1 saturated carbocycles. The van der Waals surface area contributed by atoms with Gasteiger partial charge in [0.05, 0.1) is 11.9 Å². The van der Waals surface area contributed by atoms with E-state index in [1.54, 1.807) is 4.90 Å². The molecule has 2 fully saturated rings. The second kappa shape index (κ2) is 5.53.